The third kappa shape index (κ3) is 4.21. The number of azide groups is 1. The van der Waals surface area contributed by atoms with Gasteiger partial charge >= 0.3 is 0 Å². The number of hydrogen-bond acceptors (Lipinski definition) is 1. The molecule has 0 N–H and O–H groups in total. The SMILES string of the molecule is CCc1ccc(C#CCCN=[N+]=[N-])cc1. The van der Waals surface area contributed by atoms with Gasteiger partial charge in [-0.2, -0.15) is 0 Å². The highest BCUT2D eigenvalue weighted by Gasteiger charge is 1.88. The van der Waals surface area contributed by atoms with E-state index < -0.39 is 0 Å². The van der Waals surface area contributed by atoms with E-state index in [1.807, 2.05) is 12.1 Å². The van der Waals surface area contributed by atoms with Gasteiger partial charge < -0.3 is 0 Å². The van der Waals surface area contributed by atoms with E-state index in [2.05, 4.69) is 40.9 Å². The zero-order chi connectivity index (χ0) is 10.9. The molecule has 0 unspecified atom stereocenters. The Morgan fingerprint density at radius 3 is 2.67 bits per heavy atom. The van der Waals surface area contributed by atoms with Crippen LogP contribution >= 0.6 is 0 Å². The maximum atomic E-state index is 8.05. The fourth-order valence-corrected chi connectivity index (χ4v) is 1.14. The second-order valence-electron chi connectivity index (χ2n) is 3.06. The topological polar surface area (TPSA) is 48.8 Å². The van der Waals surface area contributed by atoms with Crippen LogP contribution in [0.25, 0.3) is 10.4 Å². The summed E-state index contributed by atoms with van der Waals surface area (Å²) in [6.07, 6.45) is 1.66. The van der Waals surface area contributed by atoms with Crippen LogP contribution in [0.15, 0.2) is 29.4 Å². The van der Waals surface area contributed by atoms with Crippen molar-refractivity contribution in [3.63, 3.8) is 0 Å². The fraction of sp³-hybridized carbons (Fsp3) is 0.333. The van der Waals surface area contributed by atoms with Crippen LogP contribution in [-0.2, 0) is 6.42 Å². The second kappa shape index (κ2) is 6.53. The molecule has 0 saturated heterocycles. The van der Waals surface area contributed by atoms with Gasteiger partial charge in [0, 0.05) is 23.4 Å². The zero-order valence-corrected chi connectivity index (χ0v) is 8.77. The van der Waals surface area contributed by atoms with Crippen molar-refractivity contribution in [2.24, 2.45) is 5.11 Å². The first-order chi connectivity index (χ1) is 7.36. The lowest BCUT2D eigenvalue weighted by Gasteiger charge is -1.94. The van der Waals surface area contributed by atoms with E-state index in [0.29, 0.717) is 13.0 Å². The van der Waals surface area contributed by atoms with E-state index in [1.54, 1.807) is 0 Å². The summed E-state index contributed by atoms with van der Waals surface area (Å²) in [4.78, 5) is 2.66. The number of nitrogens with zero attached hydrogens (tertiary/aromatic N) is 3. The van der Waals surface area contributed by atoms with E-state index in [-0.39, 0.29) is 0 Å². The summed E-state index contributed by atoms with van der Waals surface area (Å²) >= 11 is 0. The molecule has 0 fully saturated rings. The lowest BCUT2D eigenvalue weighted by Crippen LogP contribution is -1.80. The quantitative estimate of drug-likeness (QED) is 0.236. The van der Waals surface area contributed by atoms with Crippen LogP contribution in [0.3, 0.4) is 0 Å². The van der Waals surface area contributed by atoms with Gasteiger partial charge in [-0.1, -0.05) is 36.0 Å². The highest BCUT2D eigenvalue weighted by molar-refractivity contribution is 5.36. The molecule has 3 heteroatoms. The summed E-state index contributed by atoms with van der Waals surface area (Å²) < 4.78 is 0. The Morgan fingerprint density at radius 1 is 1.33 bits per heavy atom. The maximum Gasteiger partial charge on any atom is 0.0367 e. The Bertz CT molecular complexity index is 403. The minimum atomic E-state index is 0.441. The molecule has 15 heavy (non-hydrogen) atoms. The van der Waals surface area contributed by atoms with Gasteiger partial charge in [0.2, 0.25) is 0 Å². The van der Waals surface area contributed by atoms with Crippen molar-refractivity contribution < 1.29 is 0 Å². The van der Waals surface area contributed by atoms with Crippen LogP contribution in [0, 0.1) is 11.8 Å². The predicted octanol–water partition coefficient (Wildman–Crippen LogP) is 3.30. The van der Waals surface area contributed by atoms with Crippen LogP contribution in [0.5, 0.6) is 0 Å². The Hall–Kier alpha value is -1.91. The Labute approximate surface area is 89.8 Å². The van der Waals surface area contributed by atoms with Gasteiger partial charge in [-0.15, -0.1) is 0 Å². The molecule has 0 bridgehead atoms. The Balaban J connectivity index is 2.52. The Kier molecular flexibility index (Phi) is 4.86. The minimum Gasteiger partial charge on any atom is -0.0978 e. The molecule has 0 spiro atoms. The van der Waals surface area contributed by atoms with Crippen LogP contribution in [0.4, 0.5) is 0 Å². The van der Waals surface area contributed by atoms with Gasteiger partial charge in [0.05, 0.1) is 0 Å². The molecule has 76 valence electrons. The molecule has 0 saturated carbocycles. The maximum absolute atomic E-state index is 8.05. The Morgan fingerprint density at radius 2 is 2.07 bits per heavy atom. The molecule has 1 aromatic rings. The molecule has 3 nitrogen and oxygen atoms in total. The predicted molar refractivity (Wildman–Crippen MR) is 61.3 cm³/mol. The van der Waals surface area contributed by atoms with Crippen molar-refractivity contribution in [3.8, 4) is 11.8 Å². The minimum absolute atomic E-state index is 0.441. The molecule has 1 aromatic carbocycles. The fourth-order valence-electron chi connectivity index (χ4n) is 1.14. The summed E-state index contributed by atoms with van der Waals surface area (Å²) in [6.45, 7) is 2.57. The molecule has 0 aliphatic heterocycles. The highest BCUT2D eigenvalue weighted by atomic mass is 15.1. The van der Waals surface area contributed by atoms with Gasteiger partial charge in [0.15, 0.2) is 0 Å². The van der Waals surface area contributed by atoms with Gasteiger partial charge in [0.1, 0.15) is 0 Å². The normalized spacial score (nSPS) is 8.60. The van der Waals surface area contributed by atoms with E-state index in [4.69, 9.17) is 5.53 Å². The molecule has 0 aliphatic carbocycles. The van der Waals surface area contributed by atoms with Crippen molar-refractivity contribution in [2.45, 2.75) is 19.8 Å². The van der Waals surface area contributed by atoms with E-state index in [9.17, 15) is 0 Å². The standard InChI is InChI=1S/C12H13N3/c1-2-11-6-8-12(9-7-11)5-3-4-10-14-15-13/h6-9H,2,4,10H2,1H3. The average molecular weight is 199 g/mol. The molecule has 1 rings (SSSR count). The largest absolute Gasteiger partial charge is 0.0978 e. The van der Waals surface area contributed by atoms with Gasteiger partial charge in [-0.25, -0.2) is 0 Å². The van der Waals surface area contributed by atoms with Crippen LogP contribution < -0.4 is 0 Å². The number of hydrogen-bond donors (Lipinski definition) is 0. The van der Waals surface area contributed by atoms with Crippen molar-refractivity contribution >= 4 is 0 Å². The smallest absolute Gasteiger partial charge is 0.0367 e. The monoisotopic (exact) mass is 199 g/mol. The third-order valence-corrected chi connectivity index (χ3v) is 1.99. The summed E-state index contributed by atoms with van der Waals surface area (Å²) in [7, 11) is 0. The molecule has 0 atom stereocenters. The van der Waals surface area contributed by atoms with E-state index in [1.165, 1.54) is 5.56 Å². The molecule has 0 aromatic heterocycles. The van der Waals surface area contributed by atoms with Crippen molar-refractivity contribution in [1.82, 2.24) is 0 Å². The summed E-state index contributed by atoms with van der Waals surface area (Å²) in [6, 6.07) is 8.19. The van der Waals surface area contributed by atoms with Gasteiger partial charge in [-0.3, -0.25) is 0 Å². The lowest BCUT2D eigenvalue weighted by molar-refractivity contribution is 1.01. The first-order valence-electron chi connectivity index (χ1n) is 4.95. The molecular formula is C12H13N3. The first kappa shape index (κ1) is 11.2. The van der Waals surface area contributed by atoms with E-state index >= 15 is 0 Å². The van der Waals surface area contributed by atoms with Gasteiger partial charge in [-0.05, 0) is 29.6 Å². The van der Waals surface area contributed by atoms with Crippen LogP contribution in [-0.4, -0.2) is 6.54 Å². The van der Waals surface area contributed by atoms with Crippen LogP contribution in [0.2, 0.25) is 0 Å². The zero-order valence-electron chi connectivity index (χ0n) is 8.77. The van der Waals surface area contributed by atoms with Gasteiger partial charge in [0.25, 0.3) is 0 Å². The number of aryl methyl sites for hydroxylation is 1. The lowest BCUT2D eigenvalue weighted by atomic mass is 10.1. The molecule has 0 heterocycles. The van der Waals surface area contributed by atoms with Crippen molar-refractivity contribution in [3.05, 3.63) is 45.8 Å². The molecule has 0 amide bonds. The molecule has 0 radical (unpaired) electrons. The second-order valence-corrected chi connectivity index (χ2v) is 3.06. The first-order valence-corrected chi connectivity index (χ1v) is 4.95. The van der Waals surface area contributed by atoms with Crippen LogP contribution in [0.1, 0.15) is 24.5 Å². The third-order valence-electron chi connectivity index (χ3n) is 1.99. The summed E-state index contributed by atoms with van der Waals surface area (Å²) in [5.41, 5.74) is 10.4. The number of rotatable bonds is 3. The van der Waals surface area contributed by atoms with Crippen molar-refractivity contribution in [2.75, 3.05) is 6.54 Å². The molecular weight excluding hydrogens is 186 g/mol. The molecule has 0 aliphatic rings. The average Bonchev–Trinajstić information content (AvgIpc) is 2.30. The summed E-state index contributed by atoms with van der Waals surface area (Å²) in [5.74, 6) is 5.98. The number of benzene rings is 1. The highest BCUT2D eigenvalue weighted by Crippen LogP contribution is 2.03. The van der Waals surface area contributed by atoms with Crippen molar-refractivity contribution in [1.29, 1.82) is 0 Å². The summed E-state index contributed by atoms with van der Waals surface area (Å²) in [5, 5.41) is 3.41. The van der Waals surface area contributed by atoms with E-state index in [0.717, 1.165) is 12.0 Å².